The first-order valence-electron chi connectivity index (χ1n) is 4.37. The average Bonchev–Trinajstić information content (AvgIpc) is 2.20. The standard InChI is InChI=1S/C6H13FN2.C2H6/c1-5-2-8-3-6(7)4-9-5;1-2/h5-6,8-9H,2-4H2,1H3;1-2H3. The monoisotopic (exact) mass is 162 g/mol. The minimum atomic E-state index is -0.713. The van der Waals surface area contributed by atoms with Gasteiger partial charge in [-0.15, -0.1) is 0 Å². The Kier molecular flexibility index (Phi) is 6.46. The smallest absolute Gasteiger partial charge is 0.125 e. The van der Waals surface area contributed by atoms with Crippen LogP contribution in [0.15, 0.2) is 0 Å². The predicted molar refractivity (Wildman–Crippen MR) is 46.6 cm³/mol. The maximum absolute atomic E-state index is 12.5. The average molecular weight is 162 g/mol. The van der Waals surface area contributed by atoms with Gasteiger partial charge in [-0.3, -0.25) is 0 Å². The highest BCUT2D eigenvalue weighted by Crippen LogP contribution is 1.92. The summed E-state index contributed by atoms with van der Waals surface area (Å²) in [6.45, 7) is 7.91. The van der Waals surface area contributed by atoms with Crippen molar-refractivity contribution in [2.75, 3.05) is 19.6 Å². The Labute approximate surface area is 68.6 Å². The van der Waals surface area contributed by atoms with Gasteiger partial charge in [-0.1, -0.05) is 13.8 Å². The summed E-state index contributed by atoms with van der Waals surface area (Å²) in [7, 11) is 0. The van der Waals surface area contributed by atoms with Gasteiger partial charge in [0.05, 0.1) is 0 Å². The van der Waals surface area contributed by atoms with Gasteiger partial charge in [0.1, 0.15) is 6.17 Å². The molecule has 0 aliphatic carbocycles. The Morgan fingerprint density at radius 1 is 1.18 bits per heavy atom. The highest BCUT2D eigenvalue weighted by molar-refractivity contribution is 4.74. The summed E-state index contributed by atoms with van der Waals surface area (Å²) in [5.41, 5.74) is 0. The molecule has 1 rings (SSSR count). The molecule has 1 aliphatic heterocycles. The fraction of sp³-hybridized carbons (Fsp3) is 1.00. The molecule has 0 aromatic heterocycles. The number of halogens is 1. The topological polar surface area (TPSA) is 24.1 Å². The summed E-state index contributed by atoms with van der Waals surface area (Å²) in [5, 5.41) is 6.07. The molecule has 0 aromatic rings. The number of hydrogen-bond acceptors (Lipinski definition) is 2. The van der Waals surface area contributed by atoms with Crippen molar-refractivity contribution in [1.29, 1.82) is 0 Å². The lowest BCUT2D eigenvalue weighted by atomic mass is 10.3. The van der Waals surface area contributed by atoms with E-state index in [0.29, 0.717) is 19.1 Å². The highest BCUT2D eigenvalue weighted by atomic mass is 19.1. The zero-order valence-electron chi connectivity index (χ0n) is 7.65. The fourth-order valence-corrected chi connectivity index (χ4v) is 0.930. The molecule has 2 N–H and O–H groups in total. The van der Waals surface area contributed by atoms with Gasteiger partial charge in [-0.25, -0.2) is 4.39 Å². The van der Waals surface area contributed by atoms with Crippen LogP contribution in [0.1, 0.15) is 20.8 Å². The molecule has 2 atom stereocenters. The van der Waals surface area contributed by atoms with Crippen molar-refractivity contribution in [2.24, 2.45) is 0 Å². The van der Waals surface area contributed by atoms with Crippen LogP contribution in [-0.2, 0) is 0 Å². The van der Waals surface area contributed by atoms with E-state index >= 15 is 0 Å². The minimum absolute atomic E-state index is 0.408. The molecule has 3 heteroatoms. The van der Waals surface area contributed by atoms with Crippen molar-refractivity contribution in [3.05, 3.63) is 0 Å². The van der Waals surface area contributed by atoms with E-state index in [9.17, 15) is 4.39 Å². The molecule has 0 aromatic carbocycles. The van der Waals surface area contributed by atoms with Gasteiger partial charge in [-0.05, 0) is 6.92 Å². The second-order valence-corrected chi connectivity index (χ2v) is 2.56. The van der Waals surface area contributed by atoms with E-state index in [1.165, 1.54) is 0 Å². The Hall–Kier alpha value is -0.150. The van der Waals surface area contributed by atoms with Crippen molar-refractivity contribution in [2.45, 2.75) is 33.0 Å². The molecule has 1 saturated heterocycles. The van der Waals surface area contributed by atoms with Gasteiger partial charge < -0.3 is 10.6 Å². The summed E-state index contributed by atoms with van der Waals surface area (Å²) in [6, 6.07) is 0.408. The first kappa shape index (κ1) is 10.8. The van der Waals surface area contributed by atoms with Gasteiger partial charge in [0.2, 0.25) is 0 Å². The van der Waals surface area contributed by atoms with Gasteiger partial charge >= 0.3 is 0 Å². The predicted octanol–water partition coefficient (Wildman–Crippen LogP) is 0.932. The summed E-state index contributed by atoms with van der Waals surface area (Å²) in [5.74, 6) is 0. The molecular formula is C8H19FN2. The first-order valence-corrected chi connectivity index (χ1v) is 4.37. The van der Waals surface area contributed by atoms with E-state index in [2.05, 4.69) is 10.6 Å². The van der Waals surface area contributed by atoms with Crippen molar-refractivity contribution in [1.82, 2.24) is 10.6 Å². The van der Waals surface area contributed by atoms with Crippen LogP contribution < -0.4 is 10.6 Å². The fourth-order valence-electron chi connectivity index (χ4n) is 0.930. The molecular weight excluding hydrogens is 143 g/mol. The third kappa shape index (κ3) is 5.16. The van der Waals surface area contributed by atoms with Crippen LogP contribution in [-0.4, -0.2) is 31.8 Å². The molecule has 0 spiro atoms. The SMILES string of the molecule is CC.CC1CNCC(F)CN1. The summed E-state index contributed by atoms with van der Waals surface area (Å²) >= 11 is 0. The van der Waals surface area contributed by atoms with Gasteiger partial charge in [-0.2, -0.15) is 0 Å². The van der Waals surface area contributed by atoms with E-state index in [-0.39, 0.29) is 0 Å². The van der Waals surface area contributed by atoms with E-state index in [1.807, 2.05) is 20.8 Å². The molecule has 0 amide bonds. The lowest BCUT2D eigenvalue weighted by Gasteiger charge is -2.07. The molecule has 2 nitrogen and oxygen atoms in total. The van der Waals surface area contributed by atoms with Crippen molar-refractivity contribution in [3.8, 4) is 0 Å². The van der Waals surface area contributed by atoms with Crippen LogP contribution in [0.5, 0.6) is 0 Å². The Morgan fingerprint density at radius 3 is 2.45 bits per heavy atom. The van der Waals surface area contributed by atoms with Crippen LogP contribution in [0.3, 0.4) is 0 Å². The quantitative estimate of drug-likeness (QED) is 0.554. The zero-order chi connectivity index (χ0) is 8.69. The second-order valence-electron chi connectivity index (χ2n) is 2.56. The molecule has 11 heavy (non-hydrogen) atoms. The maximum atomic E-state index is 12.5. The van der Waals surface area contributed by atoms with Crippen molar-refractivity contribution >= 4 is 0 Å². The van der Waals surface area contributed by atoms with Crippen molar-refractivity contribution in [3.63, 3.8) is 0 Å². The Balaban J connectivity index is 0.000000461. The molecule has 68 valence electrons. The van der Waals surface area contributed by atoms with Gasteiger partial charge in [0.25, 0.3) is 0 Å². The number of rotatable bonds is 0. The molecule has 0 bridgehead atoms. The third-order valence-electron chi connectivity index (χ3n) is 1.50. The molecule has 0 saturated carbocycles. The Morgan fingerprint density at radius 2 is 1.82 bits per heavy atom. The van der Waals surface area contributed by atoms with Gasteiger partial charge in [0.15, 0.2) is 0 Å². The van der Waals surface area contributed by atoms with E-state index in [4.69, 9.17) is 0 Å². The largest absolute Gasteiger partial charge is 0.312 e. The highest BCUT2D eigenvalue weighted by Gasteiger charge is 2.12. The van der Waals surface area contributed by atoms with Crippen molar-refractivity contribution < 1.29 is 4.39 Å². The second kappa shape index (κ2) is 6.55. The minimum Gasteiger partial charge on any atom is -0.312 e. The van der Waals surface area contributed by atoms with E-state index < -0.39 is 6.17 Å². The molecule has 1 aliphatic rings. The van der Waals surface area contributed by atoms with Gasteiger partial charge in [0, 0.05) is 25.7 Å². The third-order valence-corrected chi connectivity index (χ3v) is 1.50. The lowest BCUT2D eigenvalue weighted by molar-refractivity contribution is 0.326. The number of hydrogen-bond donors (Lipinski definition) is 2. The normalized spacial score (nSPS) is 31.6. The summed E-state index contributed by atoms with van der Waals surface area (Å²) in [6.07, 6.45) is -0.713. The van der Waals surface area contributed by atoms with Crippen LogP contribution >= 0.6 is 0 Å². The maximum Gasteiger partial charge on any atom is 0.125 e. The summed E-state index contributed by atoms with van der Waals surface area (Å²) < 4.78 is 12.5. The molecule has 0 radical (unpaired) electrons. The molecule has 1 fully saturated rings. The zero-order valence-corrected chi connectivity index (χ0v) is 7.65. The molecule has 2 unspecified atom stereocenters. The van der Waals surface area contributed by atoms with Crippen LogP contribution in [0.4, 0.5) is 4.39 Å². The lowest BCUT2D eigenvalue weighted by Crippen LogP contribution is -2.32. The number of alkyl halides is 1. The summed E-state index contributed by atoms with van der Waals surface area (Å²) in [4.78, 5) is 0. The van der Waals surface area contributed by atoms with Crippen LogP contribution in [0, 0.1) is 0 Å². The van der Waals surface area contributed by atoms with Crippen LogP contribution in [0.2, 0.25) is 0 Å². The first-order chi connectivity index (χ1) is 5.29. The van der Waals surface area contributed by atoms with Crippen LogP contribution in [0.25, 0.3) is 0 Å². The van der Waals surface area contributed by atoms with E-state index in [1.54, 1.807) is 0 Å². The Bertz CT molecular complexity index is 78.2. The number of nitrogens with one attached hydrogen (secondary N) is 2. The van der Waals surface area contributed by atoms with E-state index in [0.717, 1.165) is 6.54 Å². The molecule has 1 heterocycles.